The quantitative estimate of drug-likeness (QED) is 0.262. The monoisotopic (exact) mass is 537 g/mol. The second-order valence-corrected chi connectivity index (χ2v) is 9.18. The van der Waals surface area contributed by atoms with E-state index in [0.717, 1.165) is 0 Å². The van der Waals surface area contributed by atoms with Crippen molar-refractivity contribution in [2.45, 2.75) is 9.96 Å². The molecule has 0 fully saturated rings. The zero-order valence-corrected chi connectivity index (χ0v) is 18.6. The van der Waals surface area contributed by atoms with Gasteiger partial charge >= 0.3 is 0 Å². The van der Waals surface area contributed by atoms with Crippen molar-refractivity contribution >= 4 is 103 Å². The number of carbonyl (C=O) groups is 1. The van der Waals surface area contributed by atoms with Crippen molar-refractivity contribution in [2.75, 3.05) is 5.32 Å². The average Bonchev–Trinajstić information content (AvgIpc) is 2.95. The smallest absolute Gasteiger partial charge is 0.288 e. The molecular formula is C14H9BrCl5N3O2S. The Morgan fingerprint density at radius 3 is 2.38 bits per heavy atom. The normalized spacial score (nSPS) is 12.4. The Morgan fingerprint density at radius 1 is 1.15 bits per heavy atom. The van der Waals surface area contributed by atoms with Gasteiger partial charge in [-0.15, -0.1) is 0 Å². The molecule has 1 amide bonds. The highest BCUT2D eigenvalue weighted by molar-refractivity contribution is 9.10. The average molecular weight is 540 g/mol. The lowest BCUT2D eigenvalue weighted by Gasteiger charge is -2.27. The molecular weight excluding hydrogens is 531 g/mol. The molecule has 0 saturated carbocycles. The van der Waals surface area contributed by atoms with E-state index in [0.29, 0.717) is 20.4 Å². The van der Waals surface area contributed by atoms with E-state index >= 15 is 0 Å². The molecule has 1 heterocycles. The summed E-state index contributed by atoms with van der Waals surface area (Å²) in [5, 5.41) is 8.89. The topological polar surface area (TPSA) is 66.3 Å². The number of thiocarbonyl (C=S) groups is 1. The van der Waals surface area contributed by atoms with E-state index in [1.165, 1.54) is 12.1 Å². The molecule has 5 nitrogen and oxygen atoms in total. The van der Waals surface area contributed by atoms with Gasteiger partial charge < -0.3 is 20.4 Å². The van der Waals surface area contributed by atoms with Gasteiger partial charge in [0.25, 0.3) is 5.91 Å². The van der Waals surface area contributed by atoms with Crippen molar-refractivity contribution in [3.8, 4) is 0 Å². The summed E-state index contributed by atoms with van der Waals surface area (Å²) < 4.78 is 3.63. The molecule has 3 N–H and O–H groups in total. The third kappa shape index (κ3) is 6.34. The zero-order valence-electron chi connectivity index (χ0n) is 12.5. The number of anilines is 1. The van der Waals surface area contributed by atoms with Crippen LogP contribution < -0.4 is 16.0 Å². The second kappa shape index (κ2) is 9.19. The van der Waals surface area contributed by atoms with E-state index in [4.69, 9.17) is 74.6 Å². The Balaban J connectivity index is 2.07. The highest BCUT2D eigenvalue weighted by Gasteiger charge is 2.35. The number of carbonyl (C=O) groups excluding carboxylic acids is 1. The molecule has 0 aliphatic heterocycles. The van der Waals surface area contributed by atoms with Crippen LogP contribution in [0.15, 0.2) is 39.4 Å². The number of alkyl halides is 3. The minimum atomic E-state index is -1.91. The molecule has 1 atom stereocenters. The Morgan fingerprint density at radius 2 is 1.85 bits per heavy atom. The molecule has 26 heavy (non-hydrogen) atoms. The van der Waals surface area contributed by atoms with Crippen molar-refractivity contribution < 1.29 is 9.21 Å². The fourth-order valence-electron chi connectivity index (χ4n) is 1.72. The van der Waals surface area contributed by atoms with Crippen LogP contribution in [0.25, 0.3) is 0 Å². The number of halogens is 6. The van der Waals surface area contributed by atoms with E-state index in [-0.39, 0.29) is 10.9 Å². The SMILES string of the molecule is O=C(NC(NC(=S)Nc1ccc(Cl)cc1Cl)C(Cl)(Cl)Cl)c1ccc(Br)o1. The van der Waals surface area contributed by atoms with Crippen molar-refractivity contribution in [2.24, 2.45) is 0 Å². The minimum Gasteiger partial charge on any atom is -0.444 e. The highest BCUT2D eigenvalue weighted by Crippen LogP contribution is 2.30. The molecule has 0 radical (unpaired) electrons. The molecule has 1 unspecified atom stereocenters. The van der Waals surface area contributed by atoms with Crippen LogP contribution >= 0.6 is 86.2 Å². The molecule has 1 aromatic heterocycles. The van der Waals surface area contributed by atoms with Gasteiger partial charge in [-0.3, -0.25) is 4.79 Å². The number of hydrogen-bond donors (Lipinski definition) is 3. The van der Waals surface area contributed by atoms with Crippen LogP contribution in [0.5, 0.6) is 0 Å². The van der Waals surface area contributed by atoms with Crippen LogP contribution in [-0.2, 0) is 0 Å². The summed E-state index contributed by atoms with van der Waals surface area (Å²) >= 11 is 37.9. The van der Waals surface area contributed by atoms with Crippen LogP contribution in [-0.4, -0.2) is 21.0 Å². The van der Waals surface area contributed by atoms with Crippen molar-refractivity contribution in [1.82, 2.24) is 10.6 Å². The molecule has 2 rings (SSSR count). The molecule has 0 bridgehead atoms. The first-order chi connectivity index (χ1) is 12.1. The number of rotatable bonds is 4. The maximum Gasteiger partial charge on any atom is 0.288 e. The van der Waals surface area contributed by atoms with Crippen LogP contribution in [0.2, 0.25) is 10.0 Å². The lowest BCUT2D eigenvalue weighted by molar-refractivity contribution is 0.0905. The van der Waals surface area contributed by atoms with E-state index in [2.05, 4.69) is 31.9 Å². The molecule has 2 aromatic rings. The predicted molar refractivity (Wildman–Crippen MR) is 114 cm³/mol. The molecule has 0 saturated heterocycles. The third-order valence-corrected chi connectivity index (χ3v) is 4.70. The van der Waals surface area contributed by atoms with Gasteiger partial charge in [0, 0.05) is 5.02 Å². The lowest BCUT2D eigenvalue weighted by atomic mass is 10.3. The summed E-state index contributed by atoms with van der Waals surface area (Å²) in [6.45, 7) is 0. The molecule has 0 spiro atoms. The lowest BCUT2D eigenvalue weighted by Crippen LogP contribution is -2.56. The van der Waals surface area contributed by atoms with Crippen molar-refractivity contribution in [1.29, 1.82) is 0 Å². The van der Waals surface area contributed by atoms with Crippen LogP contribution in [0.1, 0.15) is 10.6 Å². The number of nitrogens with one attached hydrogen (secondary N) is 3. The maximum atomic E-state index is 12.2. The van der Waals surface area contributed by atoms with Gasteiger partial charge in [-0.25, -0.2) is 0 Å². The maximum absolute atomic E-state index is 12.2. The number of amides is 1. The van der Waals surface area contributed by atoms with E-state index in [9.17, 15) is 4.79 Å². The Bertz CT molecular complexity index is 827. The Labute approximate surface area is 187 Å². The number of benzene rings is 1. The third-order valence-electron chi connectivity index (χ3n) is 2.85. The van der Waals surface area contributed by atoms with Crippen LogP contribution in [0.3, 0.4) is 0 Å². The summed E-state index contributed by atoms with van der Waals surface area (Å²) in [6.07, 6.45) is -1.16. The molecule has 0 aliphatic carbocycles. The molecule has 1 aromatic carbocycles. The van der Waals surface area contributed by atoms with E-state index < -0.39 is 15.9 Å². The summed E-state index contributed by atoms with van der Waals surface area (Å²) in [5.74, 6) is -0.579. The van der Waals surface area contributed by atoms with Gasteiger partial charge in [0.1, 0.15) is 6.17 Å². The number of hydrogen-bond acceptors (Lipinski definition) is 3. The first-order valence-electron chi connectivity index (χ1n) is 6.72. The fourth-order valence-corrected chi connectivity index (χ4v) is 3.04. The first-order valence-corrected chi connectivity index (χ1v) is 9.81. The Hall–Kier alpha value is -0.410. The predicted octanol–water partition coefficient (Wildman–Crippen LogP) is 5.76. The van der Waals surface area contributed by atoms with Crippen molar-refractivity contribution in [3.63, 3.8) is 0 Å². The van der Waals surface area contributed by atoms with Crippen LogP contribution in [0.4, 0.5) is 5.69 Å². The van der Waals surface area contributed by atoms with Gasteiger partial charge in [-0.2, -0.15) is 0 Å². The molecule has 140 valence electrons. The number of furan rings is 1. The summed E-state index contributed by atoms with van der Waals surface area (Å²) in [5.41, 5.74) is 0.484. The van der Waals surface area contributed by atoms with Gasteiger partial charge in [0.05, 0.1) is 10.7 Å². The summed E-state index contributed by atoms with van der Waals surface area (Å²) in [4.78, 5) is 12.2. The van der Waals surface area contributed by atoms with Gasteiger partial charge in [-0.05, 0) is 58.5 Å². The largest absolute Gasteiger partial charge is 0.444 e. The Kier molecular flexibility index (Phi) is 7.73. The van der Waals surface area contributed by atoms with Crippen molar-refractivity contribution in [3.05, 3.63) is 50.8 Å². The second-order valence-electron chi connectivity index (χ2n) is 4.77. The highest BCUT2D eigenvalue weighted by atomic mass is 79.9. The van der Waals surface area contributed by atoms with Gasteiger partial charge in [0.15, 0.2) is 15.5 Å². The molecule has 0 aliphatic rings. The van der Waals surface area contributed by atoms with E-state index in [1.54, 1.807) is 18.2 Å². The van der Waals surface area contributed by atoms with E-state index in [1.807, 2.05) is 0 Å². The van der Waals surface area contributed by atoms with Gasteiger partial charge in [0.2, 0.25) is 3.79 Å². The minimum absolute atomic E-state index is 0.0255. The summed E-state index contributed by atoms with van der Waals surface area (Å²) in [6, 6.07) is 7.81. The fraction of sp³-hybridized carbons (Fsp3) is 0.143. The van der Waals surface area contributed by atoms with Gasteiger partial charge in [-0.1, -0.05) is 58.0 Å². The first kappa shape index (κ1) is 21.9. The molecule has 12 heteroatoms. The standard InChI is InChI=1S/C14H9BrCl5N3O2S/c15-10-4-3-9(25-10)11(24)22-12(14(18,19)20)23-13(26)21-8-2-1-6(16)5-7(8)17/h1-5,12H,(H,22,24)(H2,21,23,26). The summed E-state index contributed by atoms with van der Waals surface area (Å²) in [7, 11) is 0. The van der Waals surface area contributed by atoms with Crippen LogP contribution in [0, 0.1) is 0 Å². The zero-order chi connectivity index (χ0) is 19.5.